The Balaban J connectivity index is 2.36. The van der Waals surface area contributed by atoms with E-state index < -0.39 is 5.54 Å². The normalized spacial score (nSPS) is 19.2. The van der Waals surface area contributed by atoms with Gasteiger partial charge in [-0.05, 0) is 45.0 Å². The molecule has 1 N–H and O–H groups in total. The van der Waals surface area contributed by atoms with Gasteiger partial charge in [-0.3, -0.25) is 4.79 Å². The summed E-state index contributed by atoms with van der Waals surface area (Å²) in [4.78, 5) is 14.2. The molecule has 1 aromatic carbocycles. The minimum atomic E-state index is -0.556. The van der Waals surface area contributed by atoms with Crippen LogP contribution in [0.4, 0.5) is 5.69 Å². The van der Waals surface area contributed by atoms with Crippen LogP contribution in [0.3, 0.4) is 0 Å². The van der Waals surface area contributed by atoms with Crippen LogP contribution in [0.1, 0.15) is 25.8 Å². The van der Waals surface area contributed by atoms with E-state index in [1.807, 2.05) is 26.0 Å². The minimum Gasteiger partial charge on any atom is -0.311 e. The molecule has 0 radical (unpaired) electrons. The molecule has 0 atom stereocenters. The van der Waals surface area contributed by atoms with Crippen molar-refractivity contribution in [2.45, 2.75) is 25.8 Å². The Morgan fingerprint density at radius 3 is 2.94 bits per heavy atom. The van der Waals surface area contributed by atoms with Crippen molar-refractivity contribution in [3.05, 3.63) is 29.8 Å². The number of benzene rings is 1. The zero-order chi connectivity index (χ0) is 13.2. The Bertz CT molecular complexity index is 502. The lowest BCUT2D eigenvalue weighted by Gasteiger charge is -2.29. The molecular weight excluding hydrogens is 226 g/mol. The fourth-order valence-electron chi connectivity index (χ4n) is 2.14. The van der Waals surface area contributed by atoms with Gasteiger partial charge in [0.25, 0.3) is 0 Å². The summed E-state index contributed by atoms with van der Waals surface area (Å²) in [5, 5.41) is 12.2. The molecule has 1 aliphatic heterocycles. The number of hydrogen-bond donors (Lipinski definition) is 1. The third-order valence-corrected chi connectivity index (χ3v) is 3.19. The van der Waals surface area contributed by atoms with Crippen molar-refractivity contribution in [2.24, 2.45) is 0 Å². The second kappa shape index (κ2) is 4.79. The zero-order valence-corrected chi connectivity index (χ0v) is 10.7. The lowest BCUT2D eigenvalue weighted by atomic mass is 10.0. The Morgan fingerprint density at radius 2 is 2.22 bits per heavy atom. The van der Waals surface area contributed by atoms with Gasteiger partial charge >= 0.3 is 0 Å². The molecule has 0 unspecified atom stereocenters. The predicted octanol–water partition coefficient (Wildman–Crippen LogP) is 1.66. The van der Waals surface area contributed by atoms with Gasteiger partial charge in [-0.25, -0.2) is 0 Å². The molecule has 1 heterocycles. The first-order valence-corrected chi connectivity index (χ1v) is 6.12. The number of carbonyl (C=O) groups excluding carboxylic acids is 1. The van der Waals surface area contributed by atoms with Gasteiger partial charge < -0.3 is 10.2 Å². The van der Waals surface area contributed by atoms with Gasteiger partial charge in [-0.15, -0.1) is 0 Å². The van der Waals surface area contributed by atoms with Crippen LogP contribution in [-0.2, 0) is 4.79 Å². The fourth-order valence-corrected chi connectivity index (χ4v) is 2.14. The van der Waals surface area contributed by atoms with E-state index in [4.69, 9.17) is 5.26 Å². The van der Waals surface area contributed by atoms with Crippen molar-refractivity contribution in [2.75, 3.05) is 18.0 Å². The Hall–Kier alpha value is -1.86. The van der Waals surface area contributed by atoms with Crippen molar-refractivity contribution in [1.29, 1.82) is 5.26 Å². The standard InChI is InChI=1S/C14H17N3O/c1-14(2)13(18)17(8-4-7-16-14)12-6-3-5-11(9-12)10-15/h3,5-6,9,16H,4,7-8H2,1-2H3. The van der Waals surface area contributed by atoms with Gasteiger partial charge in [0.1, 0.15) is 0 Å². The molecule has 1 fully saturated rings. The highest BCUT2D eigenvalue weighted by atomic mass is 16.2. The van der Waals surface area contributed by atoms with Gasteiger partial charge in [-0.2, -0.15) is 5.26 Å². The maximum atomic E-state index is 12.4. The molecule has 0 bridgehead atoms. The van der Waals surface area contributed by atoms with Crippen LogP contribution in [-0.4, -0.2) is 24.5 Å². The number of hydrogen-bond acceptors (Lipinski definition) is 3. The maximum Gasteiger partial charge on any atom is 0.246 e. The number of carbonyl (C=O) groups is 1. The van der Waals surface area contributed by atoms with Crippen LogP contribution in [0.25, 0.3) is 0 Å². The lowest BCUT2D eigenvalue weighted by molar-refractivity contribution is -0.123. The number of rotatable bonds is 1. The number of nitrogens with one attached hydrogen (secondary N) is 1. The highest BCUT2D eigenvalue weighted by molar-refractivity contribution is 6.00. The van der Waals surface area contributed by atoms with E-state index in [0.29, 0.717) is 12.1 Å². The van der Waals surface area contributed by atoms with Crippen LogP contribution in [0.5, 0.6) is 0 Å². The van der Waals surface area contributed by atoms with Gasteiger partial charge in [0.2, 0.25) is 5.91 Å². The van der Waals surface area contributed by atoms with Crippen LogP contribution < -0.4 is 10.2 Å². The number of anilines is 1. The minimum absolute atomic E-state index is 0.0510. The van der Waals surface area contributed by atoms with E-state index in [2.05, 4.69) is 11.4 Å². The van der Waals surface area contributed by atoms with Crippen LogP contribution >= 0.6 is 0 Å². The number of nitriles is 1. The van der Waals surface area contributed by atoms with Crippen molar-refractivity contribution < 1.29 is 4.79 Å². The summed E-state index contributed by atoms with van der Waals surface area (Å²) < 4.78 is 0. The van der Waals surface area contributed by atoms with E-state index in [0.717, 1.165) is 18.7 Å². The van der Waals surface area contributed by atoms with Gasteiger partial charge in [0.15, 0.2) is 0 Å². The van der Waals surface area contributed by atoms with E-state index in [-0.39, 0.29) is 5.91 Å². The quantitative estimate of drug-likeness (QED) is 0.816. The van der Waals surface area contributed by atoms with Crippen LogP contribution in [0.15, 0.2) is 24.3 Å². The first kappa shape index (κ1) is 12.6. The summed E-state index contributed by atoms with van der Waals surface area (Å²) in [5.74, 6) is 0.0510. The summed E-state index contributed by atoms with van der Waals surface area (Å²) in [6.45, 7) is 5.29. The first-order chi connectivity index (χ1) is 8.54. The fraction of sp³-hybridized carbons (Fsp3) is 0.429. The monoisotopic (exact) mass is 243 g/mol. The molecule has 94 valence electrons. The smallest absolute Gasteiger partial charge is 0.246 e. The summed E-state index contributed by atoms with van der Waals surface area (Å²) in [7, 11) is 0. The largest absolute Gasteiger partial charge is 0.311 e. The predicted molar refractivity (Wildman–Crippen MR) is 70.2 cm³/mol. The van der Waals surface area contributed by atoms with E-state index in [1.165, 1.54) is 0 Å². The van der Waals surface area contributed by atoms with E-state index in [9.17, 15) is 4.79 Å². The van der Waals surface area contributed by atoms with Crippen molar-refractivity contribution in [3.63, 3.8) is 0 Å². The molecule has 0 aliphatic carbocycles. The summed E-state index contributed by atoms with van der Waals surface area (Å²) in [6.07, 6.45) is 0.909. The van der Waals surface area contributed by atoms with Gasteiger partial charge in [0.05, 0.1) is 17.2 Å². The van der Waals surface area contributed by atoms with Crippen molar-refractivity contribution in [1.82, 2.24) is 5.32 Å². The summed E-state index contributed by atoms with van der Waals surface area (Å²) in [6, 6.07) is 9.30. The SMILES string of the molecule is CC1(C)NCCCN(c2cccc(C#N)c2)C1=O. The second-order valence-electron chi connectivity index (χ2n) is 5.02. The third-order valence-electron chi connectivity index (χ3n) is 3.19. The molecule has 0 saturated carbocycles. The number of amides is 1. The first-order valence-electron chi connectivity index (χ1n) is 6.12. The van der Waals surface area contributed by atoms with Gasteiger partial charge in [-0.1, -0.05) is 6.07 Å². The molecule has 4 heteroatoms. The molecule has 1 amide bonds. The zero-order valence-electron chi connectivity index (χ0n) is 10.7. The molecule has 1 aliphatic rings. The average molecular weight is 243 g/mol. The maximum absolute atomic E-state index is 12.4. The Labute approximate surface area is 107 Å². The molecule has 1 saturated heterocycles. The Morgan fingerprint density at radius 1 is 1.44 bits per heavy atom. The van der Waals surface area contributed by atoms with E-state index >= 15 is 0 Å². The number of nitrogens with zero attached hydrogens (tertiary/aromatic N) is 2. The van der Waals surface area contributed by atoms with Gasteiger partial charge in [0, 0.05) is 12.2 Å². The highest BCUT2D eigenvalue weighted by Crippen LogP contribution is 2.22. The van der Waals surface area contributed by atoms with Crippen LogP contribution in [0, 0.1) is 11.3 Å². The molecule has 0 aromatic heterocycles. The molecular formula is C14H17N3O. The summed E-state index contributed by atoms with van der Waals surface area (Å²) in [5.41, 5.74) is 0.824. The summed E-state index contributed by atoms with van der Waals surface area (Å²) >= 11 is 0. The molecule has 0 spiro atoms. The molecule has 2 rings (SSSR count). The third kappa shape index (κ3) is 2.36. The molecule has 1 aromatic rings. The van der Waals surface area contributed by atoms with Crippen LogP contribution in [0.2, 0.25) is 0 Å². The second-order valence-corrected chi connectivity index (χ2v) is 5.02. The van der Waals surface area contributed by atoms with E-state index in [1.54, 1.807) is 17.0 Å². The lowest BCUT2D eigenvalue weighted by Crippen LogP contribution is -2.51. The van der Waals surface area contributed by atoms with Crippen molar-refractivity contribution in [3.8, 4) is 6.07 Å². The van der Waals surface area contributed by atoms with Crippen molar-refractivity contribution >= 4 is 11.6 Å². The Kier molecular flexibility index (Phi) is 3.35. The molecule has 4 nitrogen and oxygen atoms in total. The molecule has 18 heavy (non-hydrogen) atoms. The average Bonchev–Trinajstić information content (AvgIpc) is 2.50. The highest BCUT2D eigenvalue weighted by Gasteiger charge is 2.34. The topological polar surface area (TPSA) is 56.1 Å².